The van der Waals surface area contributed by atoms with Crippen molar-refractivity contribution in [2.45, 2.75) is 45.7 Å². The van der Waals surface area contributed by atoms with Crippen molar-refractivity contribution in [2.24, 2.45) is 0 Å². The first-order valence-electron chi connectivity index (χ1n) is 8.84. The molecule has 0 bridgehead atoms. The van der Waals surface area contributed by atoms with E-state index < -0.39 is 36.3 Å². The highest BCUT2D eigenvalue weighted by molar-refractivity contribution is 7.54. The predicted molar refractivity (Wildman–Crippen MR) is 106 cm³/mol. The number of nitro groups is 1. The monoisotopic (exact) mass is 410 g/mol. The van der Waals surface area contributed by atoms with Crippen molar-refractivity contribution in [3.63, 3.8) is 0 Å². The Labute approximate surface area is 163 Å². The molecular weight excluding hydrogens is 386 g/mol. The SMILES string of the molecule is CC(C)OP(=O)(OC(C)C)C(Nc1cccc([N+](=O)[O-])c1)c1ccccc1F. The summed E-state index contributed by atoms with van der Waals surface area (Å²) in [7, 11) is -3.92. The van der Waals surface area contributed by atoms with Gasteiger partial charge in [-0.05, 0) is 39.8 Å². The van der Waals surface area contributed by atoms with E-state index in [4.69, 9.17) is 9.05 Å². The Balaban J connectivity index is 2.56. The number of hydrogen-bond acceptors (Lipinski definition) is 6. The van der Waals surface area contributed by atoms with Crippen LogP contribution in [0.4, 0.5) is 15.8 Å². The van der Waals surface area contributed by atoms with Crippen LogP contribution in [0.1, 0.15) is 39.0 Å². The molecule has 0 spiro atoms. The topological polar surface area (TPSA) is 90.7 Å². The van der Waals surface area contributed by atoms with Gasteiger partial charge < -0.3 is 14.4 Å². The molecule has 1 N–H and O–H groups in total. The zero-order valence-electron chi connectivity index (χ0n) is 16.2. The molecule has 2 aromatic carbocycles. The van der Waals surface area contributed by atoms with Gasteiger partial charge in [0.15, 0.2) is 5.78 Å². The van der Waals surface area contributed by atoms with Crippen LogP contribution >= 0.6 is 7.60 Å². The second kappa shape index (κ2) is 9.28. The maximum Gasteiger partial charge on any atom is 0.357 e. The predicted octanol–water partition coefficient (Wildman–Crippen LogP) is 5.89. The average molecular weight is 410 g/mol. The molecule has 9 heteroatoms. The molecule has 0 heterocycles. The second-order valence-corrected chi connectivity index (χ2v) is 8.74. The molecule has 2 rings (SSSR count). The fraction of sp³-hybridized carbons (Fsp3) is 0.368. The first-order chi connectivity index (χ1) is 13.1. The van der Waals surface area contributed by atoms with Crippen molar-refractivity contribution in [3.05, 3.63) is 70.0 Å². The fourth-order valence-corrected chi connectivity index (χ4v) is 4.95. The third kappa shape index (κ3) is 5.61. The van der Waals surface area contributed by atoms with E-state index in [1.165, 1.54) is 36.4 Å². The summed E-state index contributed by atoms with van der Waals surface area (Å²) < 4.78 is 39.6. The first-order valence-corrected chi connectivity index (χ1v) is 10.5. The second-order valence-electron chi connectivity index (χ2n) is 6.72. The maximum absolute atomic E-state index is 14.6. The van der Waals surface area contributed by atoms with E-state index in [0.717, 1.165) is 0 Å². The van der Waals surface area contributed by atoms with E-state index >= 15 is 0 Å². The molecule has 1 atom stereocenters. The van der Waals surface area contributed by atoms with Crippen molar-refractivity contribution in [3.8, 4) is 0 Å². The molecule has 0 aliphatic carbocycles. The molecule has 7 nitrogen and oxygen atoms in total. The standard InChI is InChI=1S/C19H24FN2O5P/c1-13(2)26-28(25,27-14(3)4)19(17-10-5-6-11-18(17)20)21-15-8-7-9-16(12-15)22(23)24/h5-14,19,21H,1-4H3. The fourth-order valence-electron chi connectivity index (χ4n) is 2.63. The lowest BCUT2D eigenvalue weighted by Crippen LogP contribution is -2.20. The molecular formula is C19H24FN2O5P. The Bertz CT molecular complexity index is 861. The van der Waals surface area contributed by atoms with Gasteiger partial charge in [-0.25, -0.2) is 4.39 Å². The first kappa shape index (κ1) is 22.0. The number of nitro benzene ring substituents is 1. The molecule has 0 aromatic heterocycles. The van der Waals surface area contributed by atoms with Crippen molar-refractivity contribution >= 4 is 19.0 Å². The van der Waals surface area contributed by atoms with Crippen LogP contribution in [0, 0.1) is 15.9 Å². The quantitative estimate of drug-likeness (QED) is 0.315. The molecule has 2 aromatic rings. The molecule has 0 saturated heterocycles. The van der Waals surface area contributed by atoms with E-state index in [9.17, 15) is 19.1 Å². The number of rotatable bonds is 9. The number of non-ortho nitro benzene ring substituents is 1. The number of halogens is 1. The van der Waals surface area contributed by atoms with Crippen molar-refractivity contribution in [2.75, 3.05) is 5.32 Å². The molecule has 0 aliphatic rings. The summed E-state index contributed by atoms with van der Waals surface area (Å²) in [4.78, 5) is 10.5. The Morgan fingerprint density at radius 2 is 1.64 bits per heavy atom. The summed E-state index contributed by atoms with van der Waals surface area (Å²) in [5.41, 5.74) is 0.225. The Kier molecular flexibility index (Phi) is 7.29. The van der Waals surface area contributed by atoms with Crippen LogP contribution in [-0.4, -0.2) is 17.1 Å². The van der Waals surface area contributed by atoms with Gasteiger partial charge in [0.05, 0.1) is 17.1 Å². The maximum atomic E-state index is 14.6. The van der Waals surface area contributed by atoms with Crippen molar-refractivity contribution in [1.82, 2.24) is 0 Å². The smallest absolute Gasteiger partial charge is 0.357 e. The van der Waals surface area contributed by atoms with Gasteiger partial charge in [0.25, 0.3) is 5.69 Å². The lowest BCUT2D eigenvalue weighted by atomic mass is 10.2. The summed E-state index contributed by atoms with van der Waals surface area (Å²) in [6.07, 6.45) is -0.906. The number of nitrogens with zero attached hydrogens (tertiary/aromatic N) is 1. The molecule has 1 unspecified atom stereocenters. The highest BCUT2D eigenvalue weighted by Gasteiger charge is 2.41. The minimum Gasteiger partial charge on any atom is -0.368 e. The lowest BCUT2D eigenvalue weighted by molar-refractivity contribution is -0.384. The number of anilines is 1. The molecule has 0 amide bonds. The van der Waals surface area contributed by atoms with Gasteiger partial charge >= 0.3 is 7.60 Å². The van der Waals surface area contributed by atoms with Crippen LogP contribution in [0.3, 0.4) is 0 Å². The number of benzene rings is 2. The zero-order chi connectivity index (χ0) is 20.9. The van der Waals surface area contributed by atoms with E-state index in [1.807, 2.05) is 0 Å². The Morgan fingerprint density at radius 3 is 2.18 bits per heavy atom. The van der Waals surface area contributed by atoms with Gasteiger partial charge in [-0.3, -0.25) is 14.7 Å². The summed E-state index contributed by atoms with van der Waals surface area (Å²) in [6, 6.07) is 11.5. The minimum absolute atomic E-state index is 0.0821. The molecule has 0 aliphatic heterocycles. The van der Waals surface area contributed by atoms with E-state index in [-0.39, 0.29) is 11.3 Å². The van der Waals surface area contributed by atoms with Crippen molar-refractivity contribution < 1.29 is 22.9 Å². The summed E-state index contributed by atoms with van der Waals surface area (Å²) in [5.74, 6) is -1.79. The van der Waals surface area contributed by atoms with Gasteiger partial charge in [0.1, 0.15) is 5.82 Å². The van der Waals surface area contributed by atoms with E-state index in [0.29, 0.717) is 5.69 Å². The molecule has 0 fully saturated rings. The highest BCUT2D eigenvalue weighted by atomic mass is 31.2. The Hall–Kier alpha value is -2.28. The third-order valence-electron chi connectivity index (χ3n) is 3.59. The van der Waals surface area contributed by atoms with E-state index in [2.05, 4.69) is 5.32 Å². The number of nitrogens with one attached hydrogen (secondary N) is 1. The van der Waals surface area contributed by atoms with Crippen LogP contribution in [0.15, 0.2) is 48.5 Å². The average Bonchev–Trinajstić information content (AvgIpc) is 2.59. The van der Waals surface area contributed by atoms with Gasteiger partial charge in [-0.1, -0.05) is 24.3 Å². The van der Waals surface area contributed by atoms with Crippen LogP contribution in [0.25, 0.3) is 0 Å². The van der Waals surface area contributed by atoms with Gasteiger partial charge in [0, 0.05) is 23.4 Å². The Morgan fingerprint density at radius 1 is 1.04 bits per heavy atom. The minimum atomic E-state index is -3.92. The normalized spacial score (nSPS) is 13.0. The van der Waals surface area contributed by atoms with Crippen LogP contribution in [-0.2, 0) is 13.6 Å². The number of hydrogen-bond donors (Lipinski definition) is 1. The highest BCUT2D eigenvalue weighted by Crippen LogP contribution is 2.62. The zero-order valence-corrected chi connectivity index (χ0v) is 17.1. The van der Waals surface area contributed by atoms with Crippen LogP contribution < -0.4 is 5.32 Å². The van der Waals surface area contributed by atoms with Crippen LogP contribution in [0.2, 0.25) is 0 Å². The molecule has 28 heavy (non-hydrogen) atoms. The van der Waals surface area contributed by atoms with E-state index in [1.54, 1.807) is 39.8 Å². The molecule has 152 valence electrons. The van der Waals surface area contributed by atoms with Crippen LogP contribution in [0.5, 0.6) is 0 Å². The van der Waals surface area contributed by atoms with Gasteiger partial charge in [0.2, 0.25) is 0 Å². The molecule has 0 saturated carbocycles. The summed E-state index contributed by atoms with van der Waals surface area (Å²) in [6.45, 7) is 6.79. The summed E-state index contributed by atoms with van der Waals surface area (Å²) >= 11 is 0. The van der Waals surface area contributed by atoms with Gasteiger partial charge in [-0.2, -0.15) is 0 Å². The summed E-state index contributed by atoms with van der Waals surface area (Å²) in [5, 5.41) is 14.0. The third-order valence-corrected chi connectivity index (χ3v) is 6.06. The molecule has 0 radical (unpaired) electrons. The lowest BCUT2D eigenvalue weighted by Gasteiger charge is -2.31. The van der Waals surface area contributed by atoms with Crippen molar-refractivity contribution in [1.29, 1.82) is 0 Å². The van der Waals surface area contributed by atoms with Gasteiger partial charge in [-0.15, -0.1) is 0 Å². The largest absolute Gasteiger partial charge is 0.368 e.